The van der Waals surface area contributed by atoms with Gasteiger partial charge in [-0.05, 0) is 73.5 Å². The van der Waals surface area contributed by atoms with Crippen molar-refractivity contribution in [3.8, 4) is 6.07 Å². The molecule has 2 aliphatic heterocycles. The van der Waals surface area contributed by atoms with Gasteiger partial charge in [-0.15, -0.1) is 10.8 Å². The van der Waals surface area contributed by atoms with Gasteiger partial charge in [0.15, 0.2) is 0 Å². The Balaban J connectivity index is 1.17. The molecular weight excluding hydrogens is 455 g/mol. The minimum Gasteiger partial charge on any atom is -0.323 e. The molecule has 1 aromatic rings. The maximum atomic E-state index is 13.8. The van der Waals surface area contributed by atoms with Crippen LogP contribution in [0.1, 0.15) is 50.5 Å². The van der Waals surface area contributed by atoms with Crippen molar-refractivity contribution < 1.29 is 18.3 Å². The topological polar surface area (TPSA) is 99.8 Å². The van der Waals surface area contributed by atoms with E-state index in [4.69, 9.17) is 0 Å². The number of nitriles is 1. The number of nitrogens with one attached hydrogen (secondary N) is 1. The quantitative estimate of drug-likeness (QED) is 0.583. The van der Waals surface area contributed by atoms with E-state index in [2.05, 4.69) is 23.5 Å². The number of hydrogen-bond acceptors (Lipinski definition) is 6. The van der Waals surface area contributed by atoms with Crippen molar-refractivity contribution in [1.29, 1.82) is 5.26 Å². The van der Waals surface area contributed by atoms with E-state index in [1.54, 1.807) is 4.31 Å². The second-order valence-electron chi connectivity index (χ2n) is 11.2. The van der Waals surface area contributed by atoms with Crippen LogP contribution in [0.15, 0.2) is 24.3 Å². The number of carbonyl (C=O) groups is 1. The smallest absolute Gasteiger partial charge is 0.237 e. The van der Waals surface area contributed by atoms with E-state index >= 15 is 0 Å². The van der Waals surface area contributed by atoms with Gasteiger partial charge in [0.25, 0.3) is 0 Å². The van der Waals surface area contributed by atoms with Gasteiger partial charge in [0.2, 0.25) is 5.91 Å². The minimum absolute atomic E-state index is 0.0236. The van der Waals surface area contributed by atoms with E-state index < -0.39 is 23.0 Å². The van der Waals surface area contributed by atoms with Gasteiger partial charge in [0.1, 0.15) is 12.2 Å². The zero-order chi connectivity index (χ0) is 23.7. The first-order valence-corrected chi connectivity index (χ1v) is 14.1. The summed E-state index contributed by atoms with van der Waals surface area (Å²) in [5.41, 5.74) is 2.19. The first kappa shape index (κ1) is 22.6. The molecule has 2 heterocycles. The number of alkyl halides is 1. The minimum atomic E-state index is -2.69. The van der Waals surface area contributed by atoms with Crippen molar-refractivity contribution in [2.24, 2.45) is 11.8 Å². The Labute approximate surface area is 201 Å². The molecule has 4 bridgehead atoms. The fourth-order valence-electron chi connectivity index (χ4n) is 7.99. The molecule has 6 fully saturated rings. The van der Waals surface area contributed by atoms with Gasteiger partial charge in [-0.3, -0.25) is 18.2 Å². The Kier molecular flexibility index (Phi) is 5.20. The second-order valence-corrected chi connectivity index (χ2v) is 13.4. The molecule has 7 nitrogen and oxygen atoms in total. The van der Waals surface area contributed by atoms with E-state index in [0.717, 1.165) is 37.8 Å². The molecule has 0 spiro atoms. The molecule has 7 rings (SSSR count). The normalized spacial score (nSPS) is 40.6. The van der Waals surface area contributed by atoms with Gasteiger partial charge in [-0.25, -0.2) is 4.39 Å². The number of likely N-dealkylation sites (tertiary alicyclic amines) is 1. The largest absolute Gasteiger partial charge is 0.323 e. The van der Waals surface area contributed by atoms with Crippen molar-refractivity contribution in [3.63, 3.8) is 0 Å². The van der Waals surface area contributed by atoms with E-state index in [0.29, 0.717) is 24.1 Å². The lowest BCUT2D eigenvalue weighted by Gasteiger charge is -2.42. The number of nitrogens with zero attached hydrogens (tertiary/aromatic N) is 3. The van der Waals surface area contributed by atoms with E-state index in [1.165, 1.54) is 16.9 Å². The van der Waals surface area contributed by atoms with Gasteiger partial charge in [0, 0.05) is 18.5 Å². The summed E-state index contributed by atoms with van der Waals surface area (Å²) in [6.07, 6.45) is 5.30. The van der Waals surface area contributed by atoms with Crippen molar-refractivity contribution in [1.82, 2.24) is 10.2 Å². The molecule has 4 saturated carbocycles. The summed E-state index contributed by atoms with van der Waals surface area (Å²) in [4.78, 5) is 14.3. The molecule has 184 valence electrons. The molecule has 2 saturated heterocycles. The maximum Gasteiger partial charge on any atom is 0.237 e. The van der Waals surface area contributed by atoms with Crippen molar-refractivity contribution in [2.45, 2.75) is 68.1 Å². The summed E-state index contributed by atoms with van der Waals surface area (Å²) in [5, 5.41) is 12.9. The molecule has 9 heteroatoms. The van der Waals surface area contributed by atoms with Crippen molar-refractivity contribution in [2.75, 3.05) is 29.7 Å². The Bertz CT molecular complexity index is 1030. The number of hydrogen-bond donors (Lipinski definition) is 3. The summed E-state index contributed by atoms with van der Waals surface area (Å²) in [7, 11) is -2.69. The molecule has 0 aromatic heterocycles. The van der Waals surface area contributed by atoms with Gasteiger partial charge < -0.3 is 10.2 Å². The Morgan fingerprint density at radius 2 is 2.03 bits per heavy atom. The fourth-order valence-corrected chi connectivity index (χ4v) is 9.61. The number of amides is 1. The van der Waals surface area contributed by atoms with E-state index in [9.17, 15) is 23.6 Å². The lowest BCUT2D eigenvalue weighted by Crippen LogP contribution is -2.52. The zero-order valence-electron chi connectivity index (χ0n) is 19.3. The lowest BCUT2D eigenvalue weighted by molar-refractivity contribution is -0.130. The van der Waals surface area contributed by atoms with Crippen molar-refractivity contribution >= 4 is 22.4 Å². The summed E-state index contributed by atoms with van der Waals surface area (Å²) >= 11 is 0. The van der Waals surface area contributed by atoms with Crippen LogP contribution < -0.4 is 9.62 Å². The zero-order valence-corrected chi connectivity index (χ0v) is 20.1. The van der Waals surface area contributed by atoms with E-state index in [1.807, 2.05) is 12.1 Å². The molecule has 1 aromatic carbocycles. The number of rotatable bonds is 5. The predicted octanol–water partition coefficient (Wildman–Crippen LogP) is 3.81. The van der Waals surface area contributed by atoms with E-state index in [-0.39, 0.29) is 36.4 Å². The standard InChI is InChI=1S/C25H33FN4O3S/c26-20-9-22(13-27)29(15-20)23(31)14-28-25-11-17-8-19(25)12-24(10-17,16-25)18-2-4-21(5-3-18)30-6-1-7-34(30,32)33/h2-5,17,19-20,22,28,32-33H,1,6-12,14-16H2/t17?,19?,20-,22-,24?,25?/m0/s1. The van der Waals surface area contributed by atoms with Crippen molar-refractivity contribution in [3.05, 3.63) is 29.8 Å². The van der Waals surface area contributed by atoms with Crippen LogP contribution >= 0.6 is 10.8 Å². The van der Waals surface area contributed by atoms with Crippen LogP contribution in [0, 0.1) is 23.2 Å². The number of anilines is 1. The molecular formula is C25H33FN4O3S. The van der Waals surface area contributed by atoms with Crippen LogP contribution in [-0.4, -0.2) is 63.1 Å². The molecule has 34 heavy (non-hydrogen) atoms. The highest BCUT2D eigenvalue weighted by Gasteiger charge is 2.64. The van der Waals surface area contributed by atoms with Gasteiger partial charge >= 0.3 is 0 Å². The third-order valence-electron chi connectivity index (χ3n) is 9.23. The molecule has 4 unspecified atom stereocenters. The maximum absolute atomic E-state index is 13.8. The fraction of sp³-hybridized carbons (Fsp3) is 0.680. The average molecular weight is 489 g/mol. The summed E-state index contributed by atoms with van der Waals surface area (Å²) in [5.74, 6) is 1.42. The highest BCUT2D eigenvalue weighted by atomic mass is 32.3. The van der Waals surface area contributed by atoms with Crippen LogP contribution in [0.5, 0.6) is 0 Å². The molecule has 0 radical (unpaired) electrons. The molecule has 4 aliphatic carbocycles. The third kappa shape index (κ3) is 3.45. The highest BCUT2D eigenvalue weighted by Crippen LogP contribution is 2.66. The molecule has 1 amide bonds. The molecule has 6 atom stereocenters. The number of benzene rings is 1. The summed E-state index contributed by atoms with van der Waals surface area (Å²) in [6.45, 7) is 0.858. The first-order chi connectivity index (χ1) is 16.2. The summed E-state index contributed by atoms with van der Waals surface area (Å²) < 4.78 is 36.2. The predicted molar refractivity (Wildman–Crippen MR) is 129 cm³/mol. The lowest BCUT2D eigenvalue weighted by atomic mass is 9.65. The molecule has 3 N–H and O–H groups in total. The van der Waals surface area contributed by atoms with Crippen LogP contribution in [0.25, 0.3) is 0 Å². The number of carbonyl (C=O) groups excluding carboxylic acids is 1. The van der Waals surface area contributed by atoms with Gasteiger partial charge in [0.05, 0.1) is 30.6 Å². The Morgan fingerprint density at radius 3 is 2.74 bits per heavy atom. The first-order valence-electron chi connectivity index (χ1n) is 12.5. The molecule has 6 aliphatic rings. The summed E-state index contributed by atoms with van der Waals surface area (Å²) in [6, 6.07) is 9.81. The highest BCUT2D eigenvalue weighted by molar-refractivity contribution is 8.25. The second kappa shape index (κ2) is 7.82. The number of halogens is 1. The Hall–Kier alpha value is -1.86. The third-order valence-corrected chi connectivity index (χ3v) is 11.2. The monoisotopic (exact) mass is 488 g/mol. The van der Waals surface area contributed by atoms with Crippen LogP contribution in [0.2, 0.25) is 0 Å². The van der Waals surface area contributed by atoms with Crippen LogP contribution in [0.4, 0.5) is 10.1 Å². The average Bonchev–Trinajstić information content (AvgIpc) is 3.49. The van der Waals surface area contributed by atoms with Crippen LogP contribution in [-0.2, 0) is 10.2 Å². The SMILES string of the molecule is N#C[C@@H]1C[C@H](F)CN1C(=O)CNC12CC3CC1CC(c1ccc(N4CCCS4(O)O)cc1)(C3)C2. The van der Waals surface area contributed by atoms with Gasteiger partial charge in [-0.1, -0.05) is 12.1 Å². The Morgan fingerprint density at radius 1 is 1.24 bits per heavy atom. The van der Waals surface area contributed by atoms with Gasteiger partial charge in [-0.2, -0.15) is 5.26 Å². The van der Waals surface area contributed by atoms with Crippen LogP contribution in [0.3, 0.4) is 0 Å².